The van der Waals surface area contributed by atoms with Gasteiger partial charge in [-0.2, -0.15) is 5.10 Å². The Morgan fingerprint density at radius 3 is 2.81 bits per heavy atom. The fourth-order valence-corrected chi connectivity index (χ4v) is 2.71. The summed E-state index contributed by atoms with van der Waals surface area (Å²) in [5, 5.41) is 10.1. The average Bonchev–Trinajstić information content (AvgIpc) is 3.16. The molecular weight excluding hydrogens is 345 g/mol. The van der Waals surface area contributed by atoms with E-state index in [1.807, 2.05) is 24.3 Å². The standard InChI is InChI=1S/C20H22FN5O/c1-26(20(27)23-14-15-7-9-22-10-8-15)11-3-6-18-13-19(25-24-18)16-4-2-5-17(21)12-16/h2,4-5,7-10,12-13H,3,6,11,14H2,1H3,(H,23,27)(H,24,25). The van der Waals surface area contributed by atoms with Crippen LogP contribution in [0.3, 0.4) is 0 Å². The summed E-state index contributed by atoms with van der Waals surface area (Å²) in [6.07, 6.45) is 4.95. The Bertz CT molecular complexity index is 881. The number of carbonyl (C=O) groups excluding carboxylic acids is 1. The molecular formula is C20H22FN5O. The van der Waals surface area contributed by atoms with Crippen LogP contribution in [0.5, 0.6) is 0 Å². The first-order chi connectivity index (χ1) is 13.1. The topological polar surface area (TPSA) is 73.9 Å². The number of benzene rings is 1. The van der Waals surface area contributed by atoms with Gasteiger partial charge in [-0.05, 0) is 48.7 Å². The van der Waals surface area contributed by atoms with Gasteiger partial charge in [0.1, 0.15) is 5.82 Å². The largest absolute Gasteiger partial charge is 0.334 e. The lowest BCUT2D eigenvalue weighted by atomic mass is 10.1. The number of nitrogens with zero attached hydrogens (tertiary/aromatic N) is 3. The first-order valence-corrected chi connectivity index (χ1v) is 8.80. The van der Waals surface area contributed by atoms with Crippen LogP contribution >= 0.6 is 0 Å². The van der Waals surface area contributed by atoms with Gasteiger partial charge in [0.15, 0.2) is 0 Å². The average molecular weight is 367 g/mol. The molecule has 2 heterocycles. The van der Waals surface area contributed by atoms with Crippen molar-refractivity contribution in [3.8, 4) is 11.3 Å². The van der Waals surface area contributed by atoms with E-state index in [4.69, 9.17) is 0 Å². The summed E-state index contributed by atoms with van der Waals surface area (Å²) in [6.45, 7) is 1.10. The minimum Gasteiger partial charge on any atom is -0.334 e. The second-order valence-corrected chi connectivity index (χ2v) is 6.33. The van der Waals surface area contributed by atoms with E-state index >= 15 is 0 Å². The summed E-state index contributed by atoms with van der Waals surface area (Å²) < 4.78 is 13.3. The Balaban J connectivity index is 1.43. The van der Waals surface area contributed by atoms with E-state index in [0.717, 1.165) is 29.7 Å². The number of urea groups is 1. The zero-order chi connectivity index (χ0) is 19.1. The number of rotatable bonds is 7. The fraction of sp³-hybridized carbons (Fsp3) is 0.250. The molecule has 0 bridgehead atoms. The first kappa shape index (κ1) is 18.6. The SMILES string of the molecule is CN(CCCc1cc(-c2cccc(F)c2)n[nH]1)C(=O)NCc1ccncc1. The van der Waals surface area contributed by atoms with Crippen molar-refractivity contribution in [3.63, 3.8) is 0 Å². The predicted molar refractivity (Wildman–Crippen MR) is 101 cm³/mol. The van der Waals surface area contributed by atoms with E-state index in [0.29, 0.717) is 18.8 Å². The summed E-state index contributed by atoms with van der Waals surface area (Å²) in [6, 6.07) is 11.9. The number of carbonyl (C=O) groups is 1. The predicted octanol–water partition coefficient (Wildman–Crippen LogP) is 3.39. The molecule has 6 nitrogen and oxygen atoms in total. The van der Waals surface area contributed by atoms with Gasteiger partial charge < -0.3 is 10.2 Å². The van der Waals surface area contributed by atoms with Gasteiger partial charge in [-0.25, -0.2) is 9.18 Å². The van der Waals surface area contributed by atoms with E-state index in [2.05, 4.69) is 20.5 Å². The molecule has 0 aliphatic carbocycles. The van der Waals surface area contributed by atoms with Crippen molar-refractivity contribution in [2.75, 3.05) is 13.6 Å². The minimum atomic E-state index is -0.281. The van der Waals surface area contributed by atoms with E-state index < -0.39 is 0 Å². The monoisotopic (exact) mass is 367 g/mol. The highest BCUT2D eigenvalue weighted by molar-refractivity contribution is 5.73. The number of halogens is 1. The molecule has 7 heteroatoms. The number of aromatic nitrogens is 3. The summed E-state index contributed by atoms with van der Waals surface area (Å²) in [4.78, 5) is 17.7. The summed E-state index contributed by atoms with van der Waals surface area (Å²) >= 11 is 0. The summed E-state index contributed by atoms with van der Waals surface area (Å²) in [7, 11) is 1.77. The highest BCUT2D eigenvalue weighted by Gasteiger charge is 2.09. The van der Waals surface area contributed by atoms with Crippen LogP contribution < -0.4 is 5.32 Å². The van der Waals surface area contributed by atoms with Crippen LogP contribution in [0.4, 0.5) is 9.18 Å². The van der Waals surface area contributed by atoms with Gasteiger partial charge in [0.25, 0.3) is 0 Å². The van der Waals surface area contributed by atoms with Gasteiger partial charge in [-0.15, -0.1) is 0 Å². The lowest BCUT2D eigenvalue weighted by Gasteiger charge is -2.17. The van der Waals surface area contributed by atoms with Crippen LogP contribution in [0.1, 0.15) is 17.7 Å². The van der Waals surface area contributed by atoms with Crippen molar-refractivity contribution < 1.29 is 9.18 Å². The molecule has 0 radical (unpaired) electrons. The van der Waals surface area contributed by atoms with E-state index in [1.165, 1.54) is 12.1 Å². The van der Waals surface area contributed by atoms with Crippen LogP contribution in [-0.2, 0) is 13.0 Å². The van der Waals surface area contributed by atoms with Crippen molar-refractivity contribution in [2.45, 2.75) is 19.4 Å². The van der Waals surface area contributed by atoms with Crippen molar-refractivity contribution in [3.05, 3.63) is 71.9 Å². The molecule has 0 fully saturated rings. The summed E-state index contributed by atoms with van der Waals surface area (Å²) in [5.74, 6) is -0.281. The molecule has 2 amide bonds. The normalized spacial score (nSPS) is 10.6. The zero-order valence-electron chi connectivity index (χ0n) is 15.2. The van der Waals surface area contributed by atoms with Gasteiger partial charge in [0.2, 0.25) is 0 Å². The van der Waals surface area contributed by atoms with Crippen LogP contribution in [0.15, 0.2) is 54.9 Å². The maximum absolute atomic E-state index is 13.3. The number of H-pyrrole nitrogens is 1. The first-order valence-electron chi connectivity index (χ1n) is 8.80. The molecule has 27 heavy (non-hydrogen) atoms. The number of hydrogen-bond donors (Lipinski definition) is 2. The Morgan fingerprint density at radius 2 is 2.04 bits per heavy atom. The van der Waals surface area contributed by atoms with Crippen LogP contribution in [0, 0.1) is 5.82 Å². The molecule has 2 aromatic heterocycles. The Hall–Kier alpha value is -3.22. The molecule has 0 spiro atoms. The van der Waals surface area contributed by atoms with E-state index in [9.17, 15) is 9.18 Å². The number of pyridine rings is 1. The van der Waals surface area contributed by atoms with Crippen molar-refractivity contribution in [2.24, 2.45) is 0 Å². The minimum absolute atomic E-state index is 0.114. The molecule has 3 rings (SSSR count). The number of aryl methyl sites for hydroxylation is 1. The van der Waals surface area contributed by atoms with Crippen molar-refractivity contribution in [1.82, 2.24) is 25.4 Å². The third-order valence-corrected chi connectivity index (χ3v) is 4.23. The molecule has 140 valence electrons. The van der Waals surface area contributed by atoms with Gasteiger partial charge in [0.05, 0.1) is 5.69 Å². The number of aromatic amines is 1. The highest BCUT2D eigenvalue weighted by Crippen LogP contribution is 2.19. The number of nitrogens with one attached hydrogen (secondary N) is 2. The van der Waals surface area contributed by atoms with Crippen LogP contribution in [-0.4, -0.2) is 39.7 Å². The summed E-state index contributed by atoms with van der Waals surface area (Å²) in [5.41, 5.74) is 3.42. The Kier molecular flexibility index (Phi) is 6.14. The Labute approximate surface area is 157 Å². The fourth-order valence-electron chi connectivity index (χ4n) is 2.71. The smallest absolute Gasteiger partial charge is 0.317 e. The van der Waals surface area contributed by atoms with E-state index in [1.54, 1.807) is 30.4 Å². The van der Waals surface area contributed by atoms with Crippen LogP contribution in [0.2, 0.25) is 0 Å². The lowest BCUT2D eigenvalue weighted by Crippen LogP contribution is -2.37. The van der Waals surface area contributed by atoms with Gasteiger partial charge in [-0.3, -0.25) is 10.1 Å². The molecule has 0 aliphatic heterocycles. The zero-order valence-corrected chi connectivity index (χ0v) is 15.2. The third kappa shape index (κ3) is 5.37. The van der Waals surface area contributed by atoms with Gasteiger partial charge in [0, 0.05) is 43.8 Å². The quantitative estimate of drug-likeness (QED) is 0.672. The maximum atomic E-state index is 13.3. The van der Waals surface area contributed by atoms with Crippen LogP contribution in [0.25, 0.3) is 11.3 Å². The number of hydrogen-bond acceptors (Lipinski definition) is 3. The Morgan fingerprint density at radius 1 is 1.22 bits per heavy atom. The molecule has 0 aliphatic rings. The second kappa shape index (κ2) is 8.93. The molecule has 0 unspecified atom stereocenters. The van der Waals surface area contributed by atoms with Crippen molar-refractivity contribution in [1.29, 1.82) is 0 Å². The molecule has 0 atom stereocenters. The van der Waals surface area contributed by atoms with Gasteiger partial charge >= 0.3 is 6.03 Å². The lowest BCUT2D eigenvalue weighted by molar-refractivity contribution is 0.208. The highest BCUT2D eigenvalue weighted by atomic mass is 19.1. The molecule has 1 aromatic carbocycles. The second-order valence-electron chi connectivity index (χ2n) is 6.33. The number of amides is 2. The van der Waals surface area contributed by atoms with Gasteiger partial charge in [-0.1, -0.05) is 12.1 Å². The molecule has 2 N–H and O–H groups in total. The van der Waals surface area contributed by atoms with E-state index in [-0.39, 0.29) is 11.8 Å². The molecule has 0 saturated heterocycles. The molecule has 3 aromatic rings. The third-order valence-electron chi connectivity index (χ3n) is 4.23. The maximum Gasteiger partial charge on any atom is 0.317 e. The molecule has 0 saturated carbocycles. The van der Waals surface area contributed by atoms with Crippen molar-refractivity contribution >= 4 is 6.03 Å².